The van der Waals surface area contributed by atoms with E-state index in [9.17, 15) is 4.79 Å². The molecule has 84 valence electrons. The summed E-state index contributed by atoms with van der Waals surface area (Å²) in [5.41, 5.74) is 0. The second-order valence-corrected chi connectivity index (χ2v) is 5.18. The van der Waals surface area contributed by atoms with Gasteiger partial charge in [-0.05, 0) is 18.3 Å². The second-order valence-electron chi connectivity index (χ2n) is 5.18. The standard InChI is InChI=1S/C13H26O/c1-7-11(6)12(8-9(2)3)13(14)10(4)5/h9-12H,7-8H2,1-6H3/t11?,12-/m0/s1. The first-order valence-corrected chi connectivity index (χ1v) is 5.93. The van der Waals surface area contributed by atoms with E-state index in [0.29, 0.717) is 17.6 Å². The minimum absolute atomic E-state index is 0.188. The van der Waals surface area contributed by atoms with Crippen molar-refractivity contribution in [2.24, 2.45) is 23.7 Å². The minimum atomic E-state index is 0.188. The van der Waals surface area contributed by atoms with Gasteiger partial charge >= 0.3 is 0 Å². The molecule has 0 saturated carbocycles. The Labute approximate surface area is 89.3 Å². The maximum absolute atomic E-state index is 12.0. The molecule has 0 aromatic rings. The van der Waals surface area contributed by atoms with E-state index in [0.717, 1.165) is 12.8 Å². The highest BCUT2D eigenvalue weighted by Crippen LogP contribution is 2.26. The SMILES string of the molecule is CCC(C)[C@H](CC(C)C)C(=O)C(C)C. The highest BCUT2D eigenvalue weighted by molar-refractivity contribution is 5.83. The van der Waals surface area contributed by atoms with Crippen molar-refractivity contribution >= 4 is 5.78 Å². The van der Waals surface area contributed by atoms with Crippen LogP contribution in [0, 0.1) is 23.7 Å². The Morgan fingerprint density at radius 2 is 1.57 bits per heavy atom. The van der Waals surface area contributed by atoms with Crippen LogP contribution in [0.1, 0.15) is 54.4 Å². The Morgan fingerprint density at radius 1 is 1.07 bits per heavy atom. The molecule has 0 heterocycles. The van der Waals surface area contributed by atoms with Crippen LogP contribution in [0.5, 0.6) is 0 Å². The van der Waals surface area contributed by atoms with Crippen LogP contribution in [-0.2, 0) is 4.79 Å². The van der Waals surface area contributed by atoms with E-state index in [1.54, 1.807) is 0 Å². The van der Waals surface area contributed by atoms with Crippen molar-refractivity contribution in [2.45, 2.75) is 54.4 Å². The number of carbonyl (C=O) groups excluding carboxylic acids is 1. The summed E-state index contributed by atoms with van der Waals surface area (Å²) < 4.78 is 0. The summed E-state index contributed by atoms with van der Waals surface area (Å²) in [6.45, 7) is 12.8. The Morgan fingerprint density at radius 3 is 1.86 bits per heavy atom. The molecule has 14 heavy (non-hydrogen) atoms. The van der Waals surface area contributed by atoms with E-state index in [1.807, 2.05) is 13.8 Å². The molecule has 1 nitrogen and oxygen atoms in total. The second kappa shape index (κ2) is 6.21. The Hall–Kier alpha value is -0.330. The molecule has 0 rings (SSSR count). The van der Waals surface area contributed by atoms with E-state index in [-0.39, 0.29) is 11.8 Å². The van der Waals surface area contributed by atoms with Crippen LogP contribution < -0.4 is 0 Å². The first-order valence-electron chi connectivity index (χ1n) is 5.93. The fourth-order valence-electron chi connectivity index (χ4n) is 1.85. The molecular formula is C13H26O. The summed E-state index contributed by atoms with van der Waals surface area (Å²) >= 11 is 0. The lowest BCUT2D eigenvalue weighted by Crippen LogP contribution is -2.27. The number of Topliss-reactive ketones (excluding diaryl/α,β-unsaturated/α-hetero) is 1. The Bertz CT molecular complexity index is 170. The largest absolute Gasteiger partial charge is 0.299 e. The molecule has 0 radical (unpaired) electrons. The average molecular weight is 198 g/mol. The molecule has 0 bridgehead atoms. The quantitative estimate of drug-likeness (QED) is 0.632. The van der Waals surface area contributed by atoms with E-state index in [1.165, 1.54) is 0 Å². The molecule has 2 atom stereocenters. The molecule has 0 saturated heterocycles. The third kappa shape index (κ3) is 4.26. The smallest absolute Gasteiger partial charge is 0.138 e. The van der Waals surface area contributed by atoms with Gasteiger partial charge in [-0.25, -0.2) is 0 Å². The number of rotatable bonds is 6. The van der Waals surface area contributed by atoms with Crippen LogP contribution in [0.15, 0.2) is 0 Å². The molecule has 0 amide bonds. The van der Waals surface area contributed by atoms with Gasteiger partial charge in [0.05, 0.1) is 0 Å². The average Bonchev–Trinajstić information content (AvgIpc) is 2.11. The zero-order chi connectivity index (χ0) is 11.3. The minimum Gasteiger partial charge on any atom is -0.299 e. The predicted octanol–water partition coefficient (Wildman–Crippen LogP) is 3.92. The van der Waals surface area contributed by atoms with Crippen molar-refractivity contribution in [2.75, 3.05) is 0 Å². The molecule has 0 fully saturated rings. The zero-order valence-corrected chi connectivity index (χ0v) is 10.6. The number of carbonyl (C=O) groups is 1. The predicted molar refractivity (Wildman–Crippen MR) is 62.2 cm³/mol. The number of ketones is 1. The molecule has 0 aliphatic rings. The van der Waals surface area contributed by atoms with Gasteiger partial charge in [-0.15, -0.1) is 0 Å². The van der Waals surface area contributed by atoms with Crippen molar-refractivity contribution in [1.29, 1.82) is 0 Å². The number of hydrogen-bond donors (Lipinski definition) is 0. The van der Waals surface area contributed by atoms with Crippen LogP contribution in [0.25, 0.3) is 0 Å². The zero-order valence-electron chi connectivity index (χ0n) is 10.6. The summed E-state index contributed by atoms with van der Waals surface area (Å²) in [6, 6.07) is 0. The van der Waals surface area contributed by atoms with E-state index in [2.05, 4.69) is 27.7 Å². The van der Waals surface area contributed by atoms with Gasteiger partial charge in [-0.1, -0.05) is 48.0 Å². The molecule has 0 aliphatic heterocycles. The normalized spacial score (nSPS) is 16.0. The van der Waals surface area contributed by atoms with Gasteiger partial charge in [-0.2, -0.15) is 0 Å². The third-order valence-electron chi connectivity index (χ3n) is 2.99. The summed E-state index contributed by atoms with van der Waals surface area (Å²) in [6.07, 6.45) is 2.15. The van der Waals surface area contributed by atoms with Gasteiger partial charge in [-0.3, -0.25) is 4.79 Å². The maximum atomic E-state index is 12.0. The lowest BCUT2D eigenvalue weighted by molar-refractivity contribution is -0.128. The summed E-state index contributed by atoms with van der Waals surface area (Å²) in [4.78, 5) is 12.0. The van der Waals surface area contributed by atoms with Crippen LogP contribution in [-0.4, -0.2) is 5.78 Å². The molecule has 0 aromatic carbocycles. The van der Waals surface area contributed by atoms with E-state index >= 15 is 0 Å². The highest BCUT2D eigenvalue weighted by atomic mass is 16.1. The summed E-state index contributed by atoms with van der Waals surface area (Å²) in [7, 11) is 0. The van der Waals surface area contributed by atoms with E-state index < -0.39 is 0 Å². The Kier molecular flexibility index (Phi) is 6.06. The topological polar surface area (TPSA) is 17.1 Å². The number of hydrogen-bond acceptors (Lipinski definition) is 1. The van der Waals surface area contributed by atoms with Crippen LogP contribution >= 0.6 is 0 Å². The fraction of sp³-hybridized carbons (Fsp3) is 0.923. The maximum Gasteiger partial charge on any atom is 0.138 e. The molecule has 0 N–H and O–H groups in total. The fourth-order valence-corrected chi connectivity index (χ4v) is 1.85. The van der Waals surface area contributed by atoms with Crippen molar-refractivity contribution in [1.82, 2.24) is 0 Å². The van der Waals surface area contributed by atoms with Crippen molar-refractivity contribution < 1.29 is 4.79 Å². The van der Waals surface area contributed by atoms with Gasteiger partial charge in [0.15, 0.2) is 0 Å². The first kappa shape index (κ1) is 13.7. The van der Waals surface area contributed by atoms with Gasteiger partial charge in [0.2, 0.25) is 0 Å². The molecular weight excluding hydrogens is 172 g/mol. The molecule has 0 aromatic heterocycles. The van der Waals surface area contributed by atoms with Crippen LogP contribution in [0.2, 0.25) is 0 Å². The van der Waals surface area contributed by atoms with Gasteiger partial charge in [0.25, 0.3) is 0 Å². The molecule has 1 unspecified atom stereocenters. The van der Waals surface area contributed by atoms with Crippen LogP contribution in [0.4, 0.5) is 0 Å². The third-order valence-corrected chi connectivity index (χ3v) is 2.99. The highest BCUT2D eigenvalue weighted by Gasteiger charge is 2.26. The molecule has 0 aliphatic carbocycles. The molecule has 1 heteroatoms. The summed E-state index contributed by atoms with van der Waals surface area (Å²) in [5, 5.41) is 0. The van der Waals surface area contributed by atoms with Crippen LogP contribution in [0.3, 0.4) is 0 Å². The Balaban J connectivity index is 4.46. The first-order chi connectivity index (χ1) is 6.40. The monoisotopic (exact) mass is 198 g/mol. The van der Waals surface area contributed by atoms with Gasteiger partial charge < -0.3 is 0 Å². The lowest BCUT2D eigenvalue weighted by atomic mass is 9.79. The van der Waals surface area contributed by atoms with Crippen molar-refractivity contribution in [3.05, 3.63) is 0 Å². The van der Waals surface area contributed by atoms with E-state index in [4.69, 9.17) is 0 Å². The van der Waals surface area contributed by atoms with Gasteiger partial charge in [0, 0.05) is 11.8 Å². The van der Waals surface area contributed by atoms with Crippen molar-refractivity contribution in [3.63, 3.8) is 0 Å². The van der Waals surface area contributed by atoms with Crippen molar-refractivity contribution in [3.8, 4) is 0 Å². The van der Waals surface area contributed by atoms with Gasteiger partial charge in [0.1, 0.15) is 5.78 Å². The summed E-state index contributed by atoms with van der Waals surface area (Å²) in [5.74, 6) is 2.07. The lowest BCUT2D eigenvalue weighted by Gasteiger charge is -2.25. The molecule has 0 spiro atoms.